The SMILES string of the molecule is CCOC(=O)N1CCCC(C(=O)Nc2nc(-c3ccc(OC)cc3OC)cs2)C1. The Kier molecular flexibility index (Phi) is 6.92. The number of hydrogen-bond acceptors (Lipinski definition) is 7. The molecule has 1 aromatic carbocycles. The number of hydrogen-bond donors (Lipinski definition) is 1. The van der Waals surface area contributed by atoms with Crippen molar-refractivity contribution in [1.29, 1.82) is 0 Å². The quantitative estimate of drug-likeness (QED) is 0.769. The molecule has 29 heavy (non-hydrogen) atoms. The van der Waals surface area contributed by atoms with E-state index in [0.29, 0.717) is 42.0 Å². The third kappa shape index (κ3) is 4.97. The van der Waals surface area contributed by atoms with Crippen molar-refractivity contribution >= 4 is 28.5 Å². The second-order valence-electron chi connectivity index (χ2n) is 6.58. The molecule has 1 unspecified atom stereocenters. The Labute approximate surface area is 173 Å². The summed E-state index contributed by atoms with van der Waals surface area (Å²) in [6, 6.07) is 5.50. The fraction of sp³-hybridized carbons (Fsp3) is 0.450. The molecule has 1 aliphatic rings. The van der Waals surface area contributed by atoms with Crippen molar-refractivity contribution in [3.05, 3.63) is 23.6 Å². The van der Waals surface area contributed by atoms with E-state index in [4.69, 9.17) is 14.2 Å². The summed E-state index contributed by atoms with van der Waals surface area (Å²) in [5.41, 5.74) is 1.53. The molecule has 2 amide bonds. The van der Waals surface area contributed by atoms with Gasteiger partial charge in [-0.2, -0.15) is 0 Å². The largest absolute Gasteiger partial charge is 0.497 e. The van der Waals surface area contributed by atoms with Gasteiger partial charge >= 0.3 is 6.09 Å². The van der Waals surface area contributed by atoms with Crippen molar-refractivity contribution < 1.29 is 23.8 Å². The van der Waals surface area contributed by atoms with E-state index >= 15 is 0 Å². The van der Waals surface area contributed by atoms with Crippen LogP contribution in [-0.2, 0) is 9.53 Å². The highest BCUT2D eigenvalue weighted by Crippen LogP contribution is 2.35. The minimum atomic E-state index is -0.367. The van der Waals surface area contributed by atoms with Crippen LogP contribution in [0.2, 0.25) is 0 Å². The van der Waals surface area contributed by atoms with Crippen LogP contribution in [0.25, 0.3) is 11.3 Å². The minimum absolute atomic E-state index is 0.137. The van der Waals surface area contributed by atoms with Gasteiger partial charge in [0.1, 0.15) is 11.5 Å². The van der Waals surface area contributed by atoms with Gasteiger partial charge in [-0.05, 0) is 31.9 Å². The molecule has 2 heterocycles. The first kappa shape index (κ1) is 20.9. The Morgan fingerprint density at radius 1 is 1.31 bits per heavy atom. The topological polar surface area (TPSA) is 90.0 Å². The number of amides is 2. The summed E-state index contributed by atoms with van der Waals surface area (Å²) in [7, 11) is 3.19. The second kappa shape index (κ2) is 9.60. The number of anilines is 1. The minimum Gasteiger partial charge on any atom is -0.497 e. The van der Waals surface area contributed by atoms with Crippen molar-refractivity contribution in [2.75, 3.05) is 39.2 Å². The first-order valence-corrected chi connectivity index (χ1v) is 10.3. The van der Waals surface area contributed by atoms with Crippen molar-refractivity contribution in [3.8, 4) is 22.8 Å². The maximum Gasteiger partial charge on any atom is 0.409 e. The zero-order chi connectivity index (χ0) is 20.8. The van der Waals surface area contributed by atoms with E-state index in [2.05, 4.69) is 10.3 Å². The summed E-state index contributed by atoms with van der Waals surface area (Å²) in [6.45, 7) is 3.06. The lowest BCUT2D eigenvalue weighted by molar-refractivity contribution is -0.121. The summed E-state index contributed by atoms with van der Waals surface area (Å²) in [5.74, 6) is 0.917. The molecule has 0 spiro atoms. The number of thiazole rings is 1. The molecule has 0 bridgehead atoms. The van der Waals surface area contributed by atoms with Crippen LogP contribution in [-0.4, -0.2) is 55.8 Å². The normalized spacial score (nSPS) is 16.2. The zero-order valence-corrected chi connectivity index (χ0v) is 17.6. The van der Waals surface area contributed by atoms with Crippen LogP contribution in [0.1, 0.15) is 19.8 Å². The fourth-order valence-corrected chi connectivity index (χ4v) is 3.96. The highest BCUT2D eigenvalue weighted by molar-refractivity contribution is 7.14. The summed E-state index contributed by atoms with van der Waals surface area (Å²) >= 11 is 1.35. The highest BCUT2D eigenvalue weighted by atomic mass is 32.1. The molecule has 0 radical (unpaired) electrons. The molecule has 1 aliphatic heterocycles. The predicted octanol–water partition coefficient (Wildman–Crippen LogP) is 3.63. The Hall–Kier alpha value is -2.81. The van der Waals surface area contributed by atoms with E-state index in [1.807, 2.05) is 17.5 Å². The first-order valence-electron chi connectivity index (χ1n) is 9.46. The average Bonchev–Trinajstić information content (AvgIpc) is 3.21. The van der Waals surface area contributed by atoms with E-state index in [0.717, 1.165) is 18.4 Å². The second-order valence-corrected chi connectivity index (χ2v) is 7.44. The highest BCUT2D eigenvalue weighted by Gasteiger charge is 2.29. The summed E-state index contributed by atoms with van der Waals surface area (Å²) in [4.78, 5) is 30.7. The van der Waals surface area contributed by atoms with Crippen LogP contribution in [0.15, 0.2) is 23.6 Å². The summed E-state index contributed by atoms with van der Waals surface area (Å²) in [5, 5.41) is 5.25. The van der Waals surface area contributed by atoms with E-state index in [-0.39, 0.29) is 17.9 Å². The van der Waals surface area contributed by atoms with Crippen molar-refractivity contribution in [1.82, 2.24) is 9.88 Å². The Morgan fingerprint density at radius 2 is 2.14 bits per heavy atom. The molecular weight excluding hydrogens is 394 g/mol. The number of carbonyl (C=O) groups excluding carboxylic acids is 2. The van der Waals surface area contributed by atoms with Crippen LogP contribution in [0, 0.1) is 5.92 Å². The van der Waals surface area contributed by atoms with Gasteiger partial charge < -0.3 is 24.4 Å². The van der Waals surface area contributed by atoms with Crippen LogP contribution < -0.4 is 14.8 Å². The maximum atomic E-state index is 12.7. The molecule has 0 saturated carbocycles. The predicted molar refractivity (Wildman–Crippen MR) is 111 cm³/mol. The molecule has 1 fully saturated rings. The van der Waals surface area contributed by atoms with Gasteiger partial charge in [0.2, 0.25) is 5.91 Å². The Morgan fingerprint density at radius 3 is 2.86 bits per heavy atom. The number of nitrogens with one attached hydrogen (secondary N) is 1. The lowest BCUT2D eigenvalue weighted by atomic mass is 9.97. The Bertz CT molecular complexity index is 870. The number of ether oxygens (including phenoxy) is 3. The maximum absolute atomic E-state index is 12.7. The van der Waals surface area contributed by atoms with Gasteiger partial charge in [-0.15, -0.1) is 11.3 Å². The van der Waals surface area contributed by atoms with Gasteiger partial charge in [-0.25, -0.2) is 9.78 Å². The molecule has 1 aromatic heterocycles. The van der Waals surface area contributed by atoms with Gasteiger partial charge in [0, 0.05) is 30.1 Å². The van der Waals surface area contributed by atoms with Gasteiger partial charge in [0.05, 0.1) is 32.4 Å². The first-order chi connectivity index (χ1) is 14.0. The number of likely N-dealkylation sites (tertiary alicyclic amines) is 1. The molecule has 156 valence electrons. The van der Waals surface area contributed by atoms with Crippen molar-refractivity contribution in [2.24, 2.45) is 5.92 Å². The number of piperidine rings is 1. The van der Waals surface area contributed by atoms with Gasteiger partial charge in [-0.3, -0.25) is 4.79 Å². The van der Waals surface area contributed by atoms with E-state index in [1.165, 1.54) is 11.3 Å². The summed E-state index contributed by atoms with van der Waals surface area (Å²) < 4.78 is 15.7. The third-order valence-electron chi connectivity index (χ3n) is 4.74. The van der Waals surface area contributed by atoms with Crippen molar-refractivity contribution in [2.45, 2.75) is 19.8 Å². The molecule has 2 aromatic rings. The van der Waals surface area contributed by atoms with Crippen LogP contribution in [0.4, 0.5) is 9.93 Å². The number of nitrogens with zero attached hydrogens (tertiary/aromatic N) is 2. The van der Waals surface area contributed by atoms with Gasteiger partial charge in [0.25, 0.3) is 0 Å². The molecule has 8 nitrogen and oxygen atoms in total. The fourth-order valence-electron chi connectivity index (χ4n) is 3.24. The molecular formula is C20H25N3O5S. The van der Waals surface area contributed by atoms with Crippen molar-refractivity contribution in [3.63, 3.8) is 0 Å². The lowest BCUT2D eigenvalue weighted by Gasteiger charge is -2.30. The number of benzene rings is 1. The molecule has 3 rings (SSSR count). The summed E-state index contributed by atoms with van der Waals surface area (Å²) in [6.07, 6.45) is 1.13. The molecule has 1 saturated heterocycles. The number of carbonyl (C=O) groups is 2. The number of methoxy groups -OCH3 is 2. The van der Waals surface area contributed by atoms with E-state index in [9.17, 15) is 9.59 Å². The number of rotatable bonds is 6. The van der Waals surface area contributed by atoms with Crippen LogP contribution in [0.3, 0.4) is 0 Å². The lowest BCUT2D eigenvalue weighted by Crippen LogP contribution is -2.44. The number of aromatic nitrogens is 1. The van der Waals surface area contributed by atoms with Crippen LogP contribution in [0.5, 0.6) is 11.5 Å². The third-order valence-corrected chi connectivity index (χ3v) is 5.49. The van der Waals surface area contributed by atoms with E-state index < -0.39 is 0 Å². The molecule has 0 aliphatic carbocycles. The van der Waals surface area contributed by atoms with Crippen LogP contribution >= 0.6 is 11.3 Å². The average molecular weight is 420 g/mol. The molecule has 1 atom stereocenters. The molecule has 1 N–H and O–H groups in total. The van der Waals surface area contributed by atoms with Gasteiger partial charge in [0.15, 0.2) is 5.13 Å². The zero-order valence-electron chi connectivity index (χ0n) is 16.8. The van der Waals surface area contributed by atoms with E-state index in [1.54, 1.807) is 32.1 Å². The molecule has 9 heteroatoms. The smallest absolute Gasteiger partial charge is 0.409 e. The standard InChI is InChI=1S/C20H25N3O5S/c1-4-28-20(25)23-9-5-6-13(11-23)18(24)22-19-21-16(12-29-19)15-8-7-14(26-2)10-17(15)27-3/h7-8,10,12-13H,4-6,9,11H2,1-3H3,(H,21,22,24). The Balaban J connectivity index is 1.67. The monoisotopic (exact) mass is 419 g/mol. The van der Waals surface area contributed by atoms with Gasteiger partial charge in [-0.1, -0.05) is 0 Å².